The molecule has 3 rings (SSSR count). The van der Waals surface area contributed by atoms with Gasteiger partial charge in [0.05, 0.1) is 17.8 Å². The molecule has 0 fully saturated rings. The number of carbonyl (C=O) groups is 1. The molecule has 0 spiro atoms. The number of hydrogen-bond donors (Lipinski definition) is 1. The molecule has 0 bridgehead atoms. The van der Waals surface area contributed by atoms with Crippen molar-refractivity contribution in [2.45, 2.75) is 6.61 Å². The maximum Gasteiger partial charge on any atom is 0.271 e. The van der Waals surface area contributed by atoms with E-state index in [0.717, 1.165) is 15.6 Å². The zero-order valence-electron chi connectivity index (χ0n) is 15.6. The average Bonchev–Trinajstić information content (AvgIpc) is 2.73. The van der Waals surface area contributed by atoms with Crippen LogP contribution in [0.3, 0.4) is 0 Å². The molecule has 5 nitrogen and oxygen atoms in total. The number of nitrogens with one attached hydrogen (secondary N) is 1. The van der Waals surface area contributed by atoms with Crippen LogP contribution in [0.2, 0.25) is 5.02 Å². The monoisotopic (exact) mass is 472 g/mol. The number of hydrazone groups is 1. The van der Waals surface area contributed by atoms with Crippen LogP contribution in [0.1, 0.15) is 21.5 Å². The summed E-state index contributed by atoms with van der Waals surface area (Å²) in [6.45, 7) is 0.417. The minimum absolute atomic E-state index is 0.327. The minimum Gasteiger partial charge on any atom is -0.493 e. The van der Waals surface area contributed by atoms with Gasteiger partial charge >= 0.3 is 0 Å². The van der Waals surface area contributed by atoms with E-state index in [1.54, 1.807) is 37.4 Å². The molecule has 29 heavy (non-hydrogen) atoms. The molecule has 0 aromatic heterocycles. The molecule has 0 aliphatic rings. The average molecular weight is 474 g/mol. The van der Waals surface area contributed by atoms with E-state index in [9.17, 15) is 4.79 Å². The molecule has 3 aromatic rings. The van der Waals surface area contributed by atoms with E-state index in [4.69, 9.17) is 21.1 Å². The topological polar surface area (TPSA) is 59.9 Å². The Balaban J connectivity index is 1.68. The summed E-state index contributed by atoms with van der Waals surface area (Å²) < 4.78 is 12.1. The Hall–Kier alpha value is -2.83. The van der Waals surface area contributed by atoms with E-state index >= 15 is 0 Å². The lowest BCUT2D eigenvalue weighted by Crippen LogP contribution is -2.17. The van der Waals surface area contributed by atoms with Gasteiger partial charge in [-0.1, -0.05) is 41.9 Å². The van der Waals surface area contributed by atoms with Crippen LogP contribution in [0.15, 0.2) is 76.3 Å². The van der Waals surface area contributed by atoms with Gasteiger partial charge in [-0.2, -0.15) is 5.10 Å². The zero-order valence-corrected chi connectivity index (χ0v) is 17.9. The van der Waals surface area contributed by atoms with Crippen LogP contribution in [0.25, 0.3) is 0 Å². The first kappa shape index (κ1) is 20.9. The highest BCUT2D eigenvalue weighted by Crippen LogP contribution is 2.36. The molecule has 7 heteroatoms. The summed E-state index contributed by atoms with van der Waals surface area (Å²) in [6, 6.07) is 20.0. The predicted octanol–water partition coefficient (Wildman–Crippen LogP) is 5.45. The quantitative estimate of drug-likeness (QED) is 0.366. The Morgan fingerprint density at radius 2 is 1.86 bits per heavy atom. The smallest absolute Gasteiger partial charge is 0.271 e. The van der Waals surface area contributed by atoms with Crippen molar-refractivity contribution in [3.05, 3.63) is 92.9 Å². The summed E-state index contributed by atoms with van der Waals surface area (Å²) in [5, 5.41) is 4.57. The normalized spacial score (nSPS) is 10.7. The molecule has 0 aliphatic heterocycles. The van der Waals surface area contributed by atoms with E-state index in [1.165, 1.54) is 6.21 Å². The van der Waals surface area contributed by atoms with Crippen molar-refractivity contribution < 1.29 is 14.3 Å². The molecule has 0 heterocycles. The molecular weight excluding hydrogens is 456 g/mol. The van der Waals surface area contributed by atoms with E-state index in [2.05, 4.69) is 26.5 Å². The third-order valence-electron chi connectivity index (χ3n) is 3.96. The molecule has 1 amide bonds. The second-order valence-electron chi connectivity index (χ2n) is 6.01. The number of hydrogen-bond acceptors (Lipinski definition) is 4. The van der Waals surface area contributed by atoms with Crippen molar-refractivity contribution in [1.82, 2.24) is 5.43 Å². The maximum atomic E-state index is 12.1. The first-order valence-corrected chi connectivity index (χ1v) is 9.87. The second-order valence-corrected chi connectivity index (χ2v) is 7.31. The molecule has 0 radical (unpaired) electrons. The third-order valence-corrected chi connectivity index (χ3v) is 4.80. The first-order valence-electron chi connectivity index (χ1n) is 8.70. The van der Waals surface area contributed by atoms with Gasteiger partial charge in [0.15, 0.2) is 11.5 Å². The number of nitrogens with zero attached hydrogens (tertiary/aromatic N) is 1. The van der Waals surface area contributed by atoms with Gasteiger partial charge in [0.1, 0.15) is 6.61 Å². The molecular formula is C22H18BrClN2O3. The van der Waals surface area contributed by atoms with Crippen LogP contribution in [-0.4, -0.2) is 19.2 Å². The summed E-state index contributed by atoms with van der Waals surface area (Å²) >= 11 is 9.34. The number of carbonyl (C=O) groups excluding carboxylic acids is 1. The lowest BCUT2D eigenvalue weighted by molar-refractivity contribution is 0.0955. The largest absolute Gasteiger partial charge is 0.493 e. The van der Waals surface area contributed by atoms with Gasteiger partial charge in [-0.25, -0.2) is 5.43 Å². The Morgan fingerprint density at radius 3 is 2.55 bits per heavy atom. The molecule has 0 aliphatic carbocycles. The minimum atomic E-state index is -0.327. The molecule has 0 unspecified atom stereocenters. The number of rotatable bonds is 7. The maximum absolute atomic E-state index is 12.1. The van der Waals surface area contributed by atoms with Gasteiger partial charge in [0.2, 0.25) is 0 Å². The zero-order chi connectivity index (χ0) is 20.6. The number of ether oxygens (including phenoxy) is 2. The summed E-state index contributed by atoms with van der Waals surface area (Å²) in [7, 11) is 1.57. The van der Waals surface area contributed by atoms with E-state index < -0.39 is 0 Å². The Labute approximate surface area is 182 Å². The Kier molecular flexibility index (Phi) is 7.27. The van der Waals surface area contributed by atoms with E-state index in [-0.39, 0.29) is 5.91 Å². The molecule has 0 saturated heterocycles. The van der Waals surface area contributed by atoms with Crippen molar-refractivity contribution in [3.63, 3.8) is 0 Å². The summed E-state index contributed by atoms with van der Waals surface area (Å²) in [6.07, 6.45) is 1.53. The van der Waals surface area contributed by atoms with Gasteiger partial charge < -0.3 is 9.47 Å². The van der Waals surface area contributed by atoms with Gasteiger partial charge in [-0.15, -0.1) is 0 Å². The third kappa shape index (κ3) is 5.82. The fourth-order valence-electron chi connectivity index (χ4n) is 2.52. The number of benzene rings is 3. The van der Waals surface area contributed by atoms with Crippen LogP contribution < -0.4 is 14.9 Å². The summed E-state index contributed by atoms with van der Waals surface area (Å²) in [4.78, 5) is 12.1. The van der Waals surface area contributed by atoms with Crippen LogP contribution >= 0.6 is 27.5 Å². The highest BCUT2D eigenvalue weighted by Gasteiger charge is 2.12. The van der Waals surface area contributed by atoms with Crippen molar-refractivity contribution in [2.24, 2.45) is 5.10 Å². The van der Waals surface area contributed by atoms with E-state index in [1.807, 2.05) is 36.4 Å². The molecule has 0 atom stereocenters. The van der Waals surface area contributed by atoms with Gasteiger partial charge in [-0.3, -0.25) is 4.79 Å². The van der Waals surface area contributed by atoms with Crippen LogP contribution in [0.5, 0.6) is 11.5 Å². The fraction of sp³-hybridized carbons (Fsp3) is 0.0909. The molecule has 1 N–H and O–H groups in total. The van der Waals surface area contributed by atoms with Crippen LogP contribution in [0, 0.1) is 0 Å². The fourth-order valence-corrected chi connectivity index (χ4v) is 3.22. The number of amides is 1. The number of methoxy groups -OCH3 is 1. The lowest BCUT2D eigenvalue weighted by Gasteiger charge is -2.13. The van der Waals surface area contributed by atoms with Crippen molar-refractivity contribution >= 4 is 39.7 Å². The summed E-state index contributed by atoms with van der Waals surface area (Å²) in [5.41, 5.74) is 4.74. The Bertz CT molecular complexity index is 1010. The Morgan fingerprint density at radius 1 is 1.14 bits per heavy atom. The van der Waals surface area contributed by atoms with Crippen LogP contribution in [-0.2, 0) is 6.61 Å². The van der Waals surface area contributed by atoms with Crippen molar-refractivity contribution in [1.29, 1.82) is 0 Å². The molecule has 0 saturated carbocycles. The predicted molar refractivity (Wildman–Crippen MR) is 118 cm³/mol. The second kappa shape index (κ2) is 10.1. The SMILES string of the molecule is COc1cc(/C=N/NC(=O)c2ccc(Cl)cc2)cc(Br)c1OCc1ccccc1. The highest BCUT2D eigenvalue weighted by molar-refractivity contribution is 9.10. The van der Waals surface area contributed by atoms with Gasteiger partial charge in [-0.05, 0) is 63.5 Å². The van der Waals surface area contributed by atoms with Crippen molar-refractivity contribution in [3.8, 4) is 11.5 Å². The van der Waals surface area contributed by atoms with Crippen LogP contribution in [0.4, 0.5) is 0 Å². The standard InChI is InChI=1S/C22H18BrClN2O3/c1-28-20-12-16(13-25-26-22(27)17-7-9-18(24)10-8-17)11-19(23)21(20)29-14-15-5-3-2-4-6-15/h2-13H,14H2,1H3,(H,26,27)/b25-13+. The molecule has 148 valence electrons. The number of halogens is 2. The van der Waals surface area contributed by atoms with Gasteiger partial charge in [0, 0.05) is 10.6 Å². The lowest BCUT2D eigenvalue weighted by atomic mass is 10.2. The van der Waals surface area contributed by atoms with E-state index in [0.29, 0.717) is 28.7 Å². The summed E-state index contributed by atoms with van der Waals surface area (Å²) in [5.74, 6) is 0.825. The van der Waals surface area contributed by atoms with Gasteiger partial charge in [0.25, 0.3) is 5.91 Å². The molecule has 3 aromatic carbocycles. The first-order chi connectivity index (χ1) is 14.1. The van der Waals surface area contributed by atoms with Crippen molar-refractivity contribution in [2.75, 3.05) is 7.11 Å². The highest BCUT2D eigenvalue weighted by atomic mass is 79.9.